The molecule has 5 heterocycles. The van der Waals surface area contributed by atoms with Crippen molar-refractivity contribution in [2.24, 2.45) is 0 Å². The number of benzene rings is 3. The van der Waals surface area contributed by atoms with Crippen molar-refractivity contribution >= 4 is 34.0 Å². The lowest BCUT2D eigenvalue weighted by Crippen LogP contribution is -2.40. The van der Waals surface area contributed by atoms with E-state index in [0.717, 1.165) is 92.8 Å². The number of fused-ring (bicyclic) bond motifs is 6. The van der Waals surface area contributed by atoms with Crippen LogP contribution in [0.15, 0.2) is 48.7 Å². The molecule has 266 valence electrons. The Kier molecular flexibility index (Phi) is 7.81. The first kappa shape index (κ1) is 33.1. The van der Waals surface area contributed by atoms with Gasteiger partial charge in [0.1, 0.15) is 35.2 Å². The van der Waals surface area contributed by atoms with Gasteiger partial charge >= 0.3 is 12.2 Å². The fourth-order valence-electron chi connectivity index (χ4n) is 7.75. The van der Waals surface area contributed by atoms with Crippen LogP contribution in [-0.2, 0) is 16.1 Å². The number of H-pyrrole nitrogens is 2. The van der Waals surface area contributed by atoms with Crippen molar-refractivity contribution in [2.75, 3.05) is 6.54 Å². The summed E-state index contributed by atoms with van der Waals surface area (Å²) in [6, 6.07) is 14.6. The van der Waals surface area contributed by atoms with Crippen LogP contribution >= 0.6 is 0 Å². The first-order valence-corrected chi connectivity index (χ1v) is 18.0. The summed E-state index contributed by atoms with van der Waals surface area (Å²) in [7, 11) is 0. The maximum Gasteiger partial charge on any atom is 0.411 e. The number of nitrogens with zero attached hydrogens (tertiary/aromatic N) is 4. The summed E-state index contributed by atoms with van der Waals surface area (Å²) in [5, 5.41) is 2.07. The molecule has 2 saturated heterocycles. The molecule has 51 heavy (non-hydrogen) atoms. The van der Waals surface area contributed by atoms with Crippen molar-refractivity contribution in [1.29, 1.82) is 0 Å². The third-order valence-electron chi connectivity index (χ3n) is 10.1. The predicted molar refractivity (Wildman–Crippen MR) is 195 cm³/mol. The van der Waals surface area contributed by atoms with E-state index in [2.05, 4.69) is 59.4 Å². The molecule has 2 fully saturated rings. The van der Waals surface area contributed by atoms with Crippen LogP contribution in [0.2, 0.25) is 0 Å². The number of aromatic amines is 2. The molecule has 0 spiro atoms. The minimum Gasteiger partial charge on any atom is -0.488 e. The Morgan fingerprint density at radius 1 is 0.863 bits per heavy atom. The first-order valence-electron chi connectivity index (χ1n) is 18.0. The molecule has 3 aliphatic heterocycles. The minimum absolute atomic E-state index is 0.0726. The Labute approximate surface area is 297 Å². The molecule has 2 aromatic heterocycles. The summed E-state index contributed by atoms with van der Waals surface area (Å²) in [5.74, 6) is 2.36. The van der Waals surface area contributed by atoms with Crippen LogP contribution in [0.1, 0.15) is 103 Å². The molecular weight excluding hydrogens is 644 g/mol. The van der Waals surface area contributed by atoms with E-state index in [-0.39, 0.29) is 30.3 Å². The van der Waals surface area contributed by atoms with Gasteiger partial charge in [0.2, 0.25) is 0 Å². The third kappa shape index (κ3) is 6.16. The zero-order valence-corrected chi connectivity index (χ0v) is 30.4. The summed E-state index contributed by atoms with van der Waals surface area (Å²) in [6.45, 7) is 14.5. The van der Waals surface area contributed by atoms with Crippen molar-refractivity contribution in [2.45, 2.75) is 110 Å². The number of rotatable bonds is 3. The Morgan fingerprint density at radius 3 is 2.43 bits per heavy atom. The second-order valence-electron chi connectivity index (χ2n) is 16.2. The molecular formula is C40H46N6O5. The number of carbonyl (C=O) groups is 2. The number of imidazole rings is 2. The molecule has 0 radical (unpaired) electrons. The van der Waals surface area contributed by atoms with Gasteiger partial charge in [-0.3, -0.25) is 9.80 Å². The average Bonchev–Trinajstić information content (AvgIpc) is 3.87. The van der Waals surface area contributed by atoms with Crippen LogP contribution < -0.4 is 4.74 Å². The average molecular weight is 691 g/mol. The summed E-state index contributed by atoms with van der Waals surface area (Å²) in [4.78, 5) is 46.5. The molecule has 5 aromatic rings. The molecule has 11 heteroatoms. The topological polar surface area (TPSA) is 126 Å². The molecule has 0 bridgehead atoms. The lowest BCUT2D eigenvalue weighted by atomic mass is 9.92. The van der Waals surface area contributed by atoms with Crippen molar-refractivity contribution < 1.29 is 23.8 Å². The minimum atomic E-state index is -0.564. The van der Waals surface area contributed by atoms with Gasteiger partial charge in [-0.05, 0) is 120 Å². The van der Waals surface area contributed by atoms with Gasteiger partial charge in [0.25, 0.3) is 0 Å². The molecule has 0 aliphatic carbocycles. The highest BCUT2D eigenvalue weighted by molar-refractivity contribution is 6.07. The maximum absolute atomic E-state index is 13.1. The first-order chi connectivity index (χ1) is 24.2. The number of hydrogen-bond acceptors (Lipinski definition) is 7. The van der Waals surface area contributed by atoms with Gasteiger partial charge in [0, 0.05) is 23.5 Å². The normalized spacial score (nSPS) is 20.4. The van der Waals surface area contributed by atoms with Gasteiger partial charge in [0.05, 0.1) is 35.0 Å². The molecule has 2 N–H and O–H groups in total. The summed E-state index contributed by atoms with van der Waals surface area (Å²) in [5.41, 5.74) is 5.82. The van der Waals surface area contributed by atoms with Crippen LogP contribution in [0.3, 0.4) is 0 Å². The number of hydrogen-bond donors (Lipinski definition) is 2. The van der Waals surface area contributed by atoms with Crippen LogP contribution in [0.4, 0.5) is 9.59 Å². The van der Waals surface area contributed by atoms with Crippen molar-refractivity contribution in [3.63, 3.8) is 0 Å². The Morgan fingerprint density at radius 2 is 1.65 bits per heavy atom. The number of ether oxygens (including phenoxy) is 3. The van der Waals surface area contributed by atoms with E-state index in [1.165, 1.54) is 0 Å². The van der Waals surface area contributed by atoms with E-state index in [9.17, 15) is 9.59 Å². The lowest BCUT2D eigenvalue weighted by molar-refractivity contribution is 0.0150. The largest absolute Gasteiger partial charge is 0.488 e. The van der Waals surface area contributed by atoms with E-state index in [1.54, 1.807) is 4.90 Å². The molecule has 8 rings (SSSR count). The molecule has 2 amide bonds. The van der Waals surface area contributed by atoms with Gasteiger partial charge in [-0.25, -0.2) is 19.6 Å². The fraction of sp³-hybridized carbons (Fsp3) is 0.450. The van der Waals surface area contributed by atoms with Crippen LogP contribution in [-0.4, -0.2) is 65.7 Å². The van der Waals surface area contributed by atoms with Gasteiger partial charge in [-0.15, -0.1) is 0 Å². The lowest BCUT2D eigenvalue weighted by Gasteiger charge is -2.30. The molecule has 3 aliphatic rings. The standard InChI is InChI=1S/C40H46N6O5/c1-22-10-15-32(46(22)38(48)51-40(5,6)7)35-41-20-30(43-35)24-11-13-26-25(17-24)21-49-33-19-27-23(18-28(26)33)12-14-29-34(27)44-36(42-29)31-9-8-16-45(31)37(47)50-39(2,3)4/h11-14,17-20,22,31-32H,8-10,15-16,21H2,1-7H3,(H,41,43)(H,42,44)/t22-,31?,32-/m0/s1. The van der Waals surface area contributed by atoms with Gasteiger partial charge in [-0.2, -0.15) is 0 Å². The fourth-order valence-corrected chi connectivity index (χ4v) is 7.75. The Hall–Kier alpha value is -5.06. The smallest absolute Gasteiger partial charge is 0.411 e. The van der Waals surface area contributed by atoms with E-state index < -0.39 is 11.2 Å². The second-order valence-corrected chi connectivity index (χ2v) is 16.2. The molecule has 3 atom stereocenters. The van der Waals surface area contributed by atoms with Crippen molar-refractivity contribution in [1.82, 2.24) is 29.7 Å². The summed E-state index contributed by atoms with van der Waals surface area (Å²) in [6.07, 6.45) is 4.69. The van der Waals surface area contributed by atoms with E-state index >= 15 is 0 Å². The van der Waals surface area contributed by atoms with Crippen LogP contribution in [0.5, 0.6) is 5.75 Å². The molecule has 11 nitrogen and oxygen atoms in total. The summed E-state index contributed by atoms with van der Waals surface area (Å²) >= 11 is 0. The van der Waals surface area contributed by atoms with Gasteiger partial charge in [-0.1, -0.05) is 18.2 Å². The number of aromatic nitrogens is 4. The highest BCUT2D eigenvalue weighted by Gasteiger charge is 2.39. The third-order valence-corrected chi connectivity index (χ3v) is 10.1. The number of nitrogens with one attached hydrogen (secondary N) is 2. The molecule has 3 aromatic carbocycles. The summed E-state index contributed by atoms with van der Waals surface area (Å²) < 4.78 is 17.8. The van der Waals surface area contributed by atoms with Crippen LogP contribution in [0, 0.1) is 0 Å². The molecule has 1 unspecified atom stereocenters. The molecule has 0 saturated carbocycles. The second kappa shape index (κ2) is 12.0. The van der Waals surface area contributed by atoms with E-state index in [1.807, 2.05) is 52.6 Å². The van der Waals surface area contributed by atoms with E-state index in [4.69, 9.17) is 24.2 Å². The number of amides is 2. The quantitative estimate of drug-likeness (QED) is 0.193. The van der Waals surface area contributed by atoms with E-state index in [0.29, 0.717) is 13.2 Å². The number of likely N-dealkylation sites (tertiary alicyclic amines) is 2. The monoisotopic (exact) mass is 690 g/mol. The SMILES string of the molecule is C[C@H]1CC[C@@H](c2ncc(-c3ccc4c(c3)COc3cc5c(ccc6[nH]c(C7CCCN7C(=O)OC(C)(C)C)nc65)cc3-4)[nH]2)N1C(=O)OC(C)(C)C. The number of carbonyl (C=O) groups excluding carboxylic acids is 2. The van der Waals surface area contributed by atoms with Crippen molar-refractivity contribution in [3.05, 3.63) is 65.9 Å². The Balaban J connectivity index is 1.06. The highest BCUT2D eigenvalue weighted by Crippen LogP contribution is 2.44. The zero-order chi connectivity index (χ0) is 35.8. The Bertz CT molecular complexity index is 2170. The predicted octanol–water partition coefficient (Wildman–Crippen LogP) is 9.20. The van der Waals surface area contributed by atoms with Crippen LogP contribution in [0.25, 0.3) is 44.2 Å². The maximum atomic E-state index is 13.1. The van der Waals surface area contributed by atoms with Gasteiger partial charge < -0.3 is 24.2 Å². The highest BCUT2D eigenvalue weighted by atomic mass is 16.6. The zero-order valence-electron chi connectivity index (χ0n) is 30.4. The van der Waals surface area contributed by atoms with Gasteiger partial charge in [0.15, 0.2) is 0 Å². The van der Waals surface area contributed by atoms with Crippen molar-refractivity contribution in [3.8, 4) is 28.1 Å².